The van der Waals surface area contributed by atoms with Crippen LogP contribution in [0.2, 0.25) is 0 Å². The van der Waals surface area contributed by atoms with Gasteiger partial charge in [0.1, 0.15) is 0 Å². The molecule has 0 saturated carbocycles. The molecule has 4 heteroatoms. The van der Waals surface area contributed by atoms with Crippen LogP contribution in [0, 0.1) is 13.8 Å². The van der Waals surface area contributed by atoms with E-state index < -0.39 is 5.97 Å². The zero-order valence-corrected chi connectivity index (χ0v) is 13.4. The average Bonchev–Trinajstić information content (AvgIpc) is 2.52. The largest absolute Gasteiger partial charge is 0.481 e. The number of carboxylic acids is 1. The van der Waals surface area contributed by atoms with Crippen molar-refractivity contribution in [2.45, 2.75) is 33.2 Å². The molecule has 0 bridgehead atoms. The SMILES string of the molecule is Cc1cccc(C)c1CNC(=O)c1ccccc1CCC(=O)O. The Morgan fingerprint density at radius 1 is 1.00 bits per heavy atom. The maximum absolute atomic E-state index is 12.4. The van der Waals surface area contributed by atoms with Crippen molar-refractivity contribution in [2.75, 3.05) is 0 Å². The highest BCUT2D eigenvalue weighted by atomic mass is 16.4. The van der Waals surface area contributed by atoms with Crippen molar-refractivity contribution in [1.82, 2.24) is 5.32 Å². The fourth-order valence-corrected chi connectivity index (χ4v) is 2.59. The number of rotatable bonds is 6. The molecule has 0 atom stereocenters. The van der Waals surface area contributed by atoms with Crippen molar-refractivity contribution in [3.05, 3.63) is 70.3 Å². The van der Waals surface area contributed by atoms with Gasteiger partial charge in [0.25, 0.3) is 5.91 Å². The second kappa shape index (κ2) is 7.58. The fraction of sp³-hybridized carbons (Fsp3) is 0.263. The van der Waals surface area contributed by atoms with Gasteiger partial charge in [0.2, 0.25) is 0 Å². The summed E-state index contributed by atoms with van der Waals surface area (Å²) in [5.74, 6) is -1.04. The van der Waals surface area contributed by atoms with Crippen molar-refractivity contribution in [3.63, 3.8) is 0 Å². The van der Waals surface area contributed by atoms with E-state index in [9.17, 15) is 9.59 Å². The quantitative estimate of drug-likeness (QED) is 0.860. The number of benzene rings is 2. The van der Waals surface area contributed by atoms with E-state index in [1.54, 1.807) is 18.2 Å². The van der Waals surface area contributed by atoms with E-state index in [2.05, 4.69) is 5.32 Å². The summed E-state index contributed by atoms with van der Waals surface area (Å²) in [7, 11) is 0. The lowest BCUT2D eigenvalue weighted by molar-refractivity contribution is -0.136. The van der Waals surface area contributed by atoms with Crippen LogP contribution in [0.3, 0.4) is 0 Å². The molecule has 2 rings (SSSR count). The van der Waals surface area contributed by atoms with Crippen molar-refractivity contribution < 1.29 is 14.7 Å². The summed E-state index contributed by atoms with van der Waals surface area (Å²) in [5, 5.41) is 11.8. The molecule has 0 aliphatic carbocycles. The van der Waals surface area contributed by atoms with E-state index in [4.69, 9.17) is 5.11 Å². The number of nitrogens with one attached hydrogen (secondary N) is 1. The Kier molecular flexibility index (Phi) is 5.52. The second-order valence-corrected chi connectivity index (χ2v) is 5.60. The Balaban J connectivity index is 2.10. The van der Waals surface area contributed by atoms with Crippen molar-refractivity contribution >= 4 is 11.9 Å². The lowest BCUT2D eigenvalue weighted by Crippen LogP contribution is -2.25. The van der Waals surface area contributed by atoms with Gasteiger partial charge >= 0.3 is 5.97 Å². The molecule has 0 fully saturated rings. The molecular weight excluding hydrogens is 290 g/mol. The highest BCUT2D eigenvalue weighted by molar-refractivity contribution is 5.95. The van der Waals surface area contributed by atoms with Crippen LogP contribution >= 0.6 is 0 Å². The molecule has 2 N–H and O–H groups in total. The molecule has 0 spiro atoms. The monoisotopic (exact) mass is 311 g/mol. The molecule has 0 aliphatic rings. The molecule has 0 aromatic heterocycles. The Morgan fingerprint density at radius 2 is 1.65 bits per heavy atom. The highest BCUT2D eigenvalue weighted by Crippen LogP contribution is 2.15. The van der Waals surface area contributed by atoms with Crippen LogP contribution in [0.25, 0.3) is 0 Å². The third-order valence-corrected chi connectivity index (χ3v) is 3.94. The van der Waals surface area contributed by atoms with Gasteiger partial charge in [0.05, 0.1) is 0 Å². The third-order valence-electron chi connectivity index (χ3n) is 3.94. The van der Waals surface area contributed by atoms with Crippen LogP contribution in [0.15, 0.2) is 42.5 Å². The molecule has 2 aromatic rings. The van der Waals surface area contributed by atoms with E-state index in [0.717, 1.165) is 22.3 Å². The molecule has 2 aromatic carbocycles. The molecule has 0 saturated heterocycles. The second-order valence-electron chi connectivity index (χ2n) is 5.60. The molecular formula is C19H21NO3. The lowest BCUT2D eigenvalue weighted by atomic mass is 10.0. The Hall–Kier alpha value is -2.62. The van der Waals surface area contributed by atoms with Gasteiger partial charge in [-0.25, -0.2) is 0 Å². The van der Waals surface area contributed by atoms with Crippen LogP contribution in [0.5, 0.6) is 0 Å². The number of aliphatic carboxylic acids is 1. The first-order valence-electron chi connectivity index (χ1n) is 7.62. The van der Waals surface area contributed by atoms with Gasteiger partial charge in [-0.3, -0.25) is 9.59 Å². The Morgan fingerprint density at radius 3 is 2.30 bits per heavy atom. The summed E-state index contributed by atoms with van der Waals surface area (Å²) in [5.41, 5.74) is 4.70. The van der Waals surface area contributed by atoms with Crippen LogP contribution in [-0.2, 0) is 17.8 Å². The maximum Gasteiger partial charge on any atom is 0.303 e. The maximum atomic E-state index is 12.4. The lowest BCUT2D eigenvalue weighted by Gasteiger charge is -2.13. The van der Waals surface area contributed by atoms with Gasteiger partial charge < -0.3 is 10.4 Å². The van der Waals surface area contributed by atoms with Gasteiger partial charge in [-0.2, -0.15) is 0 Å². The minimum Gasteiger partial charge on any atom is -0.481 e. The molecule has 23 heavy (non-hydrogen) atoms. The van der Waals surface area contributed by atoms with E-state index in [1.807, 2.05) is 38.1 Å². The van der Waals surface area contributed by atoms with Gasteiger partial charge in [-0.1, -0.05) is 36.4 Å². The van der Waals surface area contributed by atoms with Crippen molar-refractivity contribution in [2.24, 2.45) is 0 Å². The minimum absolute atomic E-state index is 0.0151. The molecule has 1 amide bonds. The minimum atomic E-state index is -0.865. The summed E-state index contributed by atoms with van der Waals surface area (Å²) in [6.07, 6.45) is 0.365. The summed E-state index contributed by atoms with van der Waals surface area (Å²) in [6, 6.07) is 13.2. The van der Waals surface area contributed by atoms with Crippen molar-refractivity contribution in [3.8, 4) is 0 Å². The summed E-state index contributed by atoms with van der Waals surface area (Å²) < 4.78 is 0. The van der Waals surface area contributed by atoms with Gasteiger partial charge in [-0.05, 0) is 48.6 Å². The molecule has 4 nitrogen and oxygen atoms in total. The van der Waals surface area contributed by atoms with E-state index in [0.29, 0.717) is 18.5 Å². The Labute approximate surface area is 136 Å². The third kappa shape index (κ3) is 4.42. The Bertz CT molecular complexity index is 702. The predicted molar refractivity (Wildman–Crippen MR) is 89.5 cm³/mol. The number of amides is 1. The number of hydrogen-bond donors (Lipinski definition) is 2. The van der Waals surface area contributed by atoms with Gasteiger partial charge in [-0.15, -0.1) is 0 Å². The van der Waals surface area contributed by atoms with Crippen molar-refractivity contribution in [1.29, 1.82) is 0 Å². The van der Waals surface area contributed by atoms with Crippen LogP contribution in [0.4, 0.5) is 0 Å². The predicted octanol–water partition coefficient (Wildman–Crippen LogP) is 3.25. The fourth-order valence-electron chi connectivity index (χ4n) is 2.59. The summed E-state index contributed by atoms with van der Waals surface area (Å²) in [4.78, 5) is 23.2. The van der Waals surface area contributed by atoms with Crippen LogP contribution in [-0.4, -0.2) is 17.0 Å². The normalized spacial score (nSPS) is 10.3. The van der Waals surface area contributed by atoms with E-state index >= 15 is 0 Å². The summed E-state index contributed by atoms with van der Waals surface area (Å²) in [6.45, 7) is 4.51. The van der Waals surface area contributed by atoms with E-state index in [-0.39, 0.29) is 12.3 Å². The molecule has 120 valence electrons. The molecule has 0 radical (unpaired) electrons. The van der Waals surface area contributed by atoms with Gasteiger partial charge in [0, 0.05) is 18.5 Å². The number of carbonyl (C=O) groups excluding carboxylic acids is 1. The van der Waals surface area contributed by atoms with Crippen LogP contribution in [0.1, 0.15) is 39.0 Å². The molecule has 0 heterocycles. The number of aryl methyl sites for hydroxylation is 3. The first-order chi connectivity index (χ1) is 11.0. The topological polar surface area (TPSA) is 66.4 Å². The zero-order valence-electron chi connectivity index (χ0n) is 13.4. The summed E-state index contributed by atoms with van der Waals surface area (Å²) >= 11 is 0. The first-order valence-corrected chi connectivity index (χ1v) is 7.62. The number of carbonyl (C=O) groups is 2. The number of hydrogen-bond acceptors (Lipinski definition) is 2. The van der Waals surface area contributed by atoms with Gasteiger partial charge in [0.15, 0.2) is 0 Å². The van der Waals surface area contributed by atoms with Crippen LogP contribution < -0.4 is 5.32 Å². The average molecular weight is 311 g/mol. The first kappa shape index (κ1) is 16.7. The molecule has 0 unspecified atom stereocenters. The highest BCUT2D eigenvalue weighted by Gasteiger charge is 2.12. The molecule has 0 aliphatic heterocycles. The van der Waals surface area contributed by atoms with E-state index in [1.165, 1.54) is 0 Å². The smallest absolute Gasteiger partial charge is 0.303 e. The zero-order chi connectivity index (χ0) is 16.8. The number of carboxylic acid groups (broad SMARTS) is 1. The standard InChI is InChI=1S/C19H21NO3/c1-13-6-5-7-14(2)17(13)12-20-19(23)16-9-4-3-8-15(16)10-11-18(21)22/h3-9H,10-12H2,1-2H3,(H,20,23)(H,21,22).